The zero-order valence-electron chi connectivity index (χ0n) is 4.41. The zero-order valence-corrected chi connectivity index (χ0v) is 4.41. The van der Waals surface area contributed by atoms with E-state index in [1.807, 2.05) is 12.2 Å². The quantitative estimate of drug-likeness (QED) is 0.419. The smallest absolute Gasteiger partial charge is 0.149 e. The molecule has 1 heterocycles. The molecule has 1 spiro atoms. The van der Waals surface area contributed by atoms with Gasteiger partial charge in [0.05, 0.1) is 0 Å². The van der Waals surface area contributed by atoms with Crippen LogP contribution in [-0.4, -0.2) is 5.66 Å². The first kappa shape index (κ1) is 4.01. The SMILES string of the molecule is C1=CC2(C=CC1)N=N2. The van der Waals surface area contributed by atoms with E-state index in [2.05, 4.69) is 22.4 Å². The van der Waals surface area contributed by atoms with Crippen LogP contribution in [0.2, 0.25) is 0 Å². The summed E-state index contributed by atoms with van der Waals surface area (Å²) < 4.78 is 0. The highest BCUT2D eigenvalue weighted by atomic mass is 15.4. The molecule has 0 radical (unpaired) electrons. The Kier molecular flexibility index (Phi) is 0.539. The van der Waals surface area contributed by atoms with E-state index in [0.717, 1.165) is 6.42 Å². The van der Waals surface area contributed by atoms with Gasteiger partial charge in [-0.3, -0.25) is 0 Å². The van der Waals surface area contributed by atoms with E-state index in [1.165, 1.54) is 0 Å². The van der Waals surface area contributed by atoms with Gasteiger partial charge in [-0.15, -0.1) is 10.2 Å². The lowest BCUT2D eigenvalue weighted by atomic mass is 10.1. The third kappa shape index (κ3) is 0.427. The normalized spacial score (nSPS) is 27.0. The fourth-order valence-corrected chi connectivity index (χ4v) is 0.808. The van der Waals surface area contributed by atoms with Crippen molar-refractivity contribution in [2.45, 2.75) is 12.1 Å². The summed E-state index contributed by atoms with van der Waals surface area (Å²) in [6, 6.07) is 0. The maximum Gasteiger partial charge on any atom is 0.227 e. The molecule has 1 aliphatic carbocycles. The Morgan fingerprint density at radius 2 is 1.75 bits per heavy atom. The highest BCUT2D eigenvalue weighted by Crippen LogP contribution is 2.33. The molecule has 1 aliphatic heterocycles. The molecule has 2 nitrogen and oxygen atoms in total. The Morgan fingerprint density at radius 1 is 1.12 bits per heavy atom. The minimum absolute atomic E-state index is 0.182. The lowest BCUT2D eigenvalue weighted by Crippen LogP contribution is -2.02. The second-order valence-corrected chi connectivity index (χ2v) is 2.02. The summed E-state index contributed by atoms with van der Waals surface area (Å²) in [7, 11) is 0. The van der Waals surface area contributed by atoms with Crippen LogP contribution in [0.15, 0.2) is 34.5 Å². The van der Waals surface area contributed by atoms with Crippen molar-refractivity contribution in [1.29, 1.82) is 0 Å². The average Bonchev–Trinajstić information content (AvgIpc) is 2.52. The Morgan fingerprint density at radius 3 is 2.12 bits per heavy atom. The number of hydrogen-bond acceptors (Lipinski definition) is 2. The van der Waals surface area contributed by atoms with Crippen LogP contribution >= 0.6 is 0 Å². The predicted octanol–water partition coefficient (Wildman–Crippen LogP) is 1.66. The summed E-state index contributed by atoms with van der Waals surface area (Å²) in [4.78, 5) is 0. The van der Waals surface area contributed by atoms with Crippen molar-refractivity contribution < 1.29 is 0 Å². The van der Waals surface area contributed by atoms with E-state index >= 15 is 0 Å². The molecule has 0 fully saturated rings. The van der Waals surface area contributed by atoms with Crippen LogP contribution in [0.1, 0.15) is 6.42 Å². The Hall–Kier alpha value is -0.920. The van der Waals surface area contributed by atoms with E-state index in [9.17, 15) is 0 Å². The summed E-state index contributed by atoms with van der Waals surface area (Å²) in [6.45, 7) is 0. The van der Waals surface area contributed by atoms with Gasteiger partial charge in [0.1, 0.15) is 0 Å². The third-order valence-electron chi connectivity index (χ3n) is 1.33. The van der Waals surface area contributed by atoms with Gasteiger partial charge in [-0.05, 0) is 18.6 Å². The van der Waals surface area contributed by atoms with E-state index < -0.39 is 0 Å². The van der Waals surface area contributed by atoms with Crippen molar-refractivity contribution in [3.63, 3.8) is 0 Å². The number of rotatable bonds is 0. The molecule has 0 saturated carbocycles. The van der Waals surface area contributed by atoms with Crippen LogP contribution in [0, 0.1) is 0 Å². The van der Waals surface area contributed by atoms with Gasteiger partial charge in [0, 0.05) is 0 Å². The minimum atomic E-state index is -0.182. The first-order valence-electron chi connectivity index (χ1n) is 2.71. The molecule has 0 saturated heterocycles. The van der Waals surface area contributed by atoms with Gasteiger partial charge in [0.25, 0.3) is 0 Å². The van der Waals surface area contributed by atoms with Gasteiger partial charge in [-0.2, -0.15) is 0 Å². The lowest BCUT2D eigenvalue weighted by molar-refractivity contribution is 0.924. The van der Waals surface area contributed by atoms with Crippen LogP contribution in [0.25, 0.3) is 0 Å². The summed E-state index contributed by atoms with van der Waals surface area (Å²) in [5.41, 5.74) is -0.182. The Balaban J connectivity index is 2.25. The van der Waals surface area contributed by atoms with Gasteiger partial charge in [0.2, 0.25) is 5.66 Å². The summed E-state index contributed by atoms with van der Waals surface area (Å²) in [6.07, 6.45) is 9.24. The van der Waals surface area contributed by atoms with Crippen molar-refractivity contribution in [3.05, 3.63) is 24.3 Å². The standard InChI is InChI=1S/C6H6N2/c1-2-4-6(5-3-1)7-8-6/h2-5H,1H2. The molecule has 2 aliphatic rings. The minimum Gasteiger partial charge on any atom is -0.149 e. The predicted molar refractivity (Wildman–Crippen MR) is 30.5 cm³/mol. The van der Waals surface area contributed by atoms with Gasteiger partial charge in [-0.1, -0.05) is 12.2 Å². The van der Waals surface area contributed by atoms with E-state index in [-0.39, 0.29) is 5.66 Å². The monoisotopic (exact) mass is 106 g/mol. The van der Waals surface area contributed by atoms with Crippen LogP contribution in [0.3, 0.4) is 0 Å². The summed E-state index contributed by atoms with van der Waals surface area (Å²) in [5, 5.41) is 7.69. The molecule has 0 aromatic rings. The fraction of sp³-hybridized carbons (Fsp3) is 0.333. The maximum absolute atomic E-state index is 3.84. The number of hydrogen-bond donors (Lipinski definition) is 0. The summed E-state index contributed by atoms with van der Waals surface area (Å²) >= 11 is 0. The van der Waals surface area contributed by atoms with Crippen molar-refractivity contribution in [2.24, 2.45) is 10.2 Å². The summed E-state index contributed by atoms with van der Waals surface area (Å²) in [5.74, 6) is 0. The molecule has 2 heteroatoms. The largest absolute Gasteiger partial charge is 0.227 e. The highest BCUT2D eigenvalue weighted by Gasteiger charge is 2.34. The van der Waals surface area contributed by atoms with Crippen molar-refractivity contribution >= 4 is 0 Å². The van der Waals surface area contributed by atoms with E-state index in [1.54, 1.807) is 0 Å². The first-order chi connectivity index (χ1) is 3.91. The number of allylic oxidation sites excluding steroid dienone is 2. The van der Waals surface area contributed by atoms with Gasteiger partial charge in [0.15, 0.2) is 0 Å². The topological polar surface area (TPSA) is 24.7 Å². The van der Waals surface area contributed by atoms with Gasteiger partial charge in [-0.25, -0.2) is 0 Å². The van der Waals surface area contributed by atoms with Crippen LogP contribution in [0.5, 0.6) is 0 Å². The van der Waals surface area contributed by atoms with Crippen molar-refractivity contribution in [1.82, 2.24) is 0 Å². The molecule has 0 unspecified atom stereocenters. The molecular formula is C6H6N2. The Bertz CT molecular complexity index is 169. The molecule has 0 bridgehead atoms. The molecule has 0 atom stereocenters. The molecule has 0 amide bonds. The zero-order chi connectivity index (χ0) is 5.45. The molecule has 2 rings (SSSR count). The van der Waals surface area contributed by atoms with E-state index in [4.69, 9.17) is 0 Å². The van der Waals surface area contributed by atoms with Crippen LogP contribution < -0.4 is 0 Å². The molecular weight excluding hydrogens is 100 g/mol. The molecule has 8 heavy (non-hydrogen) atoms. The second-order valence-electron chi connectivity index (χ2n) is 2.02. The Labute approximate surface area is 47.6 Å². The van der Waals surface area contributed by atoms with E-state index in [0.29, 0.717) is 0 Å². The molecule has 0 aromatic heterocycles. The van der Waals surface area contributed by atoms with Gasteiger partial charge >= 0.3 is 0 Å². The number of nitrogens with zero attached hydrogens (tertiary/aromatic N) is 2. The third-order valence-corrected chi connectivity index (χ3v) is 1.33. The molecule has 40 valence electrons. The highest BCUT2D eigenvalue weighted by molar-refractivity contribution is 5.26. The van der Waals surface area contributed by atoms with Gasteiger partial charge < -0.3 is 0 Å². The second kappa shape index (κ2) is 1.08. The lowest BCUT2D eigenvalue weighted by Gasteiger charge is -1.99. The average molecular weight is 106 g/mol. The van der Waals surface area contributed by atoms with Crippen LogP contribution in [-0.2, 0) is 0 Å². The molecule has 0 aromatic carbocycles. The van der Waals surface area contributed by atoms with Crippen molar-refractivity contribution in [2.75, 3.05) is 0 Å². The first-order valence-corrected chi connectivity index (χ1v) is 2.71. The molecule has 0 N–H and O–H groups in total. The van der Waals surface area contributed by atoms with Crippen LogP contribution in [0.4, 0.5) is 0 Å². The van der Waals surface area contributed by atoms with Crippen molar-refractivity contribution in [3.8, 4) is 0 Å². The fourth-order valence-electron chi connectivity index (χ4n) is 0.808. The maximum atomic E-state index is 3.84.